The summed E-state index contributed by atoms with van der Waals surface area (Å²) in [5, 5.41) is 1.23. The minimum Gasteiger partial charge on any atom is -0.355 e. The van der Waals surface area contributed by atoms with Crippen molar-refractivity contribution in [2.24, 2.45) is 13.0 Å². The van der Waals surface area contributed by atoms with Gasteiger partial charge in [0.1, 0.15) is 17.4 Å². The average Bonchev–Trinajstić information content (AvgIpc) is 2.81. The molecule has 0 saturated carbocycles. The van der Waals surface area contributed by atoms with Crippen LogP contribution >= 0.6 is 0 Å². The summed E-state index contributed by atoms with van der Waals surface area (Å²) >= 11 is 0. The van der Waals surface area contributed by atoms with E-state index in [1.807, 2.05) is 0 Å². The highest BCUT2D eigenvalue weighted by atomic mass is 15.2. The number of benzene rings is 1. The first kappa shape index (κ1) is 13.6. The lowest BCUT2D eigenvalue weighted by molar-refractivity contribution is 0.437. The van der Waals surface area contributed by atoms with E-state index in [1.165, 1.54) is 29.3 Å². The summed E-state index contributed by atoms with van der Waals surface area (Å²) in [6.07, 6.45) is 4.21. The van der Waals surface area contributed by atoms with Crippen LogP contribution in [0.5, 0.6) is 0 Å². The molecule has 1 aromatic carbocycles. The minimum atomic E-state index is 0.823. The zero-order valence-electron chi connectivity index (χ0n) is 13.5. The van der Waals surface area contributed by atoms with Crippen molar-refractivity contribution in [2.75, 3.05) is 18.0 Å². The molecule has 1 aliphatic heterocycles. The van der Waals surface area contributed by atoms with Gasteiger partial charge in [-0.1, -0.05) is 18.6 Å². The third kappa shape index (κ3) is 1.97. The van der Waals surface area contributed by atoms with Crippen molar-refractivity contribution in [3.05, 3.63) is 30.1 Å². The minimum absolute atomic E-state index is 0.823. The highest BCUT2D eigenvalue weighted by Crippen LogP contribution is 2.33. The number of rotatable bonds is 1. The Bertz CT molecular complexity index is 841. The molecule has 1 saturated heterocycles. The molecule has 0 N–H and O–H groups in total. The fourth-order valence-corrected chi connectivity index (χ4v) is 3.58. The van der Waals surface area contributed by atoms with Gasteiger partial charge in [0.15, 0.2) is 5.82 Å². The van der Waals surface area contributed by atoms with E-state index in [-0.39, 0.29) is 0 Å². The Kier molecular flexibility index (Phi) is 3.06. The number of anilines is 1. The van der Waals surface area contributed by atoms with Gasteiger partial charge in [0.25, 0.3) is 0 Å². The smallest absolute Gasteiger partial charge is 0.156 e. The zero-order chi connectivity index (χ0) is 15.3. The van der Waals surface area contributed by atoms with E-state index < -0.39 is 0 Å². The first-order chi connectivity index (χ1) is 10.6. The molecule has 3 heterocycles. The zero-order valence-corrected chi connectivity index (χ0v) is 13.5. The molecule has 0 bridgehead atoms. The molecule has 4 heteroatoms. The van der Waals surface area contributed by atoms with Gasteiger partial charge in [-0.15, -0.1) is 0 Å². The first-order valence-corrected chi connectivity index (χ1v) is 8.10. The molecule has 4 nitrogen and oxygen atoms in total. The van der Waals surface area contributed by atoms with Gasteiger partial charge in [0.2, 0.25) is 0 Å². The van der Waals surface area contributed by atoms with E-state index >= 15 is 0 Å². The lowest BCUT2D eigenvalue weighted by atomic mass is 9.99. The third-order valence-corrected chi connectivity index (χ3v) is 4.99. The Balaban J connectivity index is 1.95. The van der Waals surface area contributed by atoms with Crippen LogP contribution < -0.4 is 4.90 Å². The van der Waals surface area contributed by atoms with Crippen LogP contribution in [-0.4, -0.2) is 27.6 Å². The monoisotopic (exact) mass is 294 g/mol. The number of nitrogens with zero attached hydrogens (tertiary/aromatic N) is 4. The van der Waals surface area contributed by atoms with E-state index in [9.17, 15) is 0 Å². The number of aryl methyl sites for hydroxylation is 2. The molecule has 2 aromatic heterocycles. The first-order valence-electron chi connectivity index (χ1n) is 8.10. The molecule has 1 fully saturated rings. The topological polar surface area (TPSA) is 34.0 Å². The number of hydrogen-bond donors (Lipinski definition) is 0. The standard InChI is InChI=1S/C18H22N4/c1-12-6-8-22(9-7-12)18-17-16(19-11-20-18)14-10-13(2)4-5-15(14)21(17)3/h4-5,10-12H,6-9H2,1-3H3. The van der Waals surface area contributed by atoms with Crippen molar-refractivity contribution < 1.29 is 0 Å². The molecule has 0 amide bonds. The summed E-state index contributed by atoms with van der Waals surface area (Å²) in [5.74, 6) is 1.91. The van der Waals surface area contributed by atoms with Crippen molar-refractivity contribution in [1.29, 1.82) is 0 Å². The fourth-order valence-electron chi connectivity index (χ4n) is 3.58. The van der Waals surface area contributed by atoms with Crippen LogP contribution in [0.2, 0.25) is 0 Å². The quantitative estimate of drug-likeness (QED) is 0.687. The maximum absolute atomic E-state index is 4.63. The van der Waals surface area contributed by atoms with Crippen LogP contribution in [0.3, 0.4) is 0 Å². The molecule has 0 spiro atoms. The van der Waals surface area contributed by atoms with Gasteiger partial charge in [-0.25, -0.2) is 9.97 Å². The van der Waals surface area contributed by atoms with E-state index in [0.717, 1.165) is 35.9 Å². The van der Waals surface area contributed by atoms with Crippen molar-refractivity contribution >= 4 is 27.8 Å². The molecule has 0 aliphatic carbocycles. The lowest BCUT2D eigenvalue weighted by Crippen LogP contribution is -2.33. The molecule has 0 atom stereocenters. The van der Waals surface area contributed by atoms with Crippen LogP contribution in [0.4, 0.5) is 5.82 Å². The van der Waals surface area contributed by atoms with Crippen molar-refractivity contribution in [3.8, 4) is 0 Å². The Hall–Kier alpha value is -2.10. The maximum Gasteiger partial charge on any atom is 0.156 e. The number of fused-ring (bicyclic) bond motifs is 3. The highest BCUT2D eigenvalue weighted by molar-refractivity contribution is 6.09. The van der Waals surface area contributed by atoms with Gasteiger partial charge in [-0.05, 0) is 37.8 Å². The van der Waals surface area contributed by atoms with E-state index in [4.69, 9.17) is 0 Å². The molecule has 22 heavy (non-hydrogen) atoms. The molecule has 4 rings (SSSR count). The molecular weight excluding hydrogens is 272 g/mol. The number of aromatic nitrogens is 3. The Morgan fingerprint density at radius 3 is 2.68 bits per heavy atom. The van der Waals surface area contributed by atoms with Gasteiger partial charge >= 0.3 is 0 Å². The van der Waals surface area contributed by atoms with Gasteiger partial charge in [0.05, 0.1) is 5.52 Å². The predicted octanol–water partition coefficient (Wildman–Crippen LogP) is 3.67. The van der Waals surface area contributed by atoms with Gasteiger partial charge in [-0.3, -0.25) is 0 Å². The summed E-state index contributed by atoms with van der Waals surface area (Å²) in [4.78, 5) is 11.6. The largest absolute Gasteiger partial charge is 0.355 e. The van der Waals surface area contributed by atoms with Gasteiger partial charge in [-0.2, -0.15) is 0 Å². The summed E-state index contributed by atoms with van der Waals surface area (Å²) in [7, 11) is 2.12. The van der Waals surface area contributed by atoms with Crippen LogP contribution in [-0.2, 0) is 7.05 Å². The number of piperidine rings is 1. The van der Waals surface area contributed by atoms with E-state index in [2.05, 4.69) is 58.5 Å². The molecular formula is C18H22N4. The van der Waals surface area contributed by atoms with Crippen LogP contribution in [0.1, 0.15) is 25.3 Å². The van der Waals surface area contributed by atoms with Crippen LogP contribution in [0.15, 0.2) is 24.5 Å². The summed E-state index contributed by atoms with van der Waals surface area (Å²) < 4.78 is 2.25. The highest BCUT2D eigenvalue weighted by Gasteiger charge is 2.22. The fraction of sp³-hybridized carbons (Fsp3) is 0.444. The second-order valence-electron chi connectivity index (χ2n) is 6.64. The second kappa shape index (κ2) is 4.97. The van der Waals surface area contributed by atoms with Crippen LogP contribution in [0, 0.1) is 12.8 Å². The molecule has 0 radical (unpaired) electrons. The average molecular weight is 294 g/mol. The lowest BCUT2D eigenvalue weighted by Gasteiger charge is -2.31. The SMILES string of the molecule is Cc1ccc2c(c1)c1ncnc(N3CCC(C)CC3)c1n2C. The summed E-state index contributed by atoms with van der Waals surface area (Å²) in [6.45, 7) is 6.65. The summed E-state index contributed by atoms with van der Waals surface area (Å²) in [6, 6.07) is 6.58. The Labute approximate surface area is 130 Å². The van der Waals surface area contributed by atoms with Crippen molar-refractivity contribution in [1.82, 2.24) is 14.5 Å². The third-order valence-electron chi connectivity index (χ3n) is 4.99. The molecule has 3 aromatic rings. The van der Waals surface area contributed by atoms with Crippen molar-refractivity contribution in [3.63, 3.8) is 0 Å². The van der Waals surface area contributed by atoms with Gasteiger partial charge < -0.3 is 9.47 Å². The number of hydrogen-bond acceptors (Lipinski definition) is 3. The molecule has 114 valence electrons. The Morgan fingerprint density at radius 2 is 1.91 bits per heavy atom. The Morgan fingerprint density at radius 1 is 1.14 bits per heavy atom. The van der Waals surface area contributed by atoms with Crippen LogP contribution in [0.25, 0.3) is 21.9 Å². The van der Waals surface area contributed by atoms with Gasteiger partial charge in [0, 0.05) is 25.5 Å². The maximum atomic E-state index is 4.63. The molecule has 1 aliphatic rings. The van der Waals surface area contributed by atoms with E-state index in [0.29, 0.717) is 0 Å². The second-order valence-corrected chi connectivity index (χ2v) is 6.64. The predicted molar refractivity (Wildman–Crippen MR) is 91.4 cm³/mol. The van der Waals surface area contributed by atoms with Crippen molar-refractivity contribution in [2.45, 2.75) is 26.7 Å². The molecule has 0 unspecified atom stereocenters. The normalized spacial score (nSPS) is 16.8. The van der Waals surface area contributed by atoms with E-state index in [1.54, 1.807) is 6.33 Å². The summed E-state index contributed by atoms with van der Waals surface area (Å²) in [5.41, 5.74) is 4.74.